The minimum absolute atomic E-state index is 0.120. The molecular formula is C14H12N6O3. The summed E-state index contributed by atoms with van der Waals surface area (Å²) < 4.78 is 3.35. The Kier molecular flexibility index (Phi) is 3.59. The summed E-state index contributed by atoms with van der Waals surface area (Å²) in [6.45, 7) is 1.30. The molecule has 0 atom stereocenters. The lowest BCUT2D eigenvalue weighted by atomic mass is 10.2. The third-order valence-corrected chi connectivity index (χ3v) is 3.17. The summed E-state index contributed by atoms with van der Waals surface area (Å²) in [6.07, 6.45) is 9.66. The molecule has 2 heterocycles. The van der Waals surface area contributed by atoms with Crippen LogP contribution in [0.2, 0.25) is 0 Å². The lowest BCUT2D eigenvalue weighted by Crippen LogP contribution is -2.10. The number of carbonyl (C=O) groups excluding carboxylic acids is 1. The Balaban J connectivity index is 2.27. The van der Waals surface area contributed by atoms with Crippen LogP contribution in [-0.2, 0) is 4.79 Å². The molecule has 0 bridgehead atoms. The molecule has 0 spiro atoms. The SMILES string of the molecule is CC(=O)Nc1cc(-n2ccnc2)c(-n2ccnc2)cc1[N+](=O)[O-]. The van der Waals surface area contributed by atoms with E-state index in [1.807, 2.05) is 0 Å². The van der Waals surface area contributed by atoms with Crippen molar-refractivity contribution in [2.45, 2.75) is 6.92 Å². The summed E-state index contributed by atoms with van der Waals surface area (Å²) in [5, 5.41) is 13.8. The van der Waals surface area contributed by atoms with Crippen LogP contribution < -0.4 is 5.32 Å². The highest BCUT2D eigenvalue weighted by molar-refractivity contribution is 5.92. The molecule has 2 aromatic heterocycles. The van der Waals surface area contributed by atoms with Gasteiger partial charge in [0, 0.05) is 37.8 Å². The van der Waals surface area contributed by atoms with E-state index >= 15 is 0 Å². The molecular weight excluding hydrogens is 300 g/mol. The Bertz CT molecular complexity index is 855. The maximum absolute atomic E-state index is 11.3. The van der Waals surface area contributed by atoms with Gasteiger partial charge in [-0.15, -0.1) is 0 Å². The largest absolute Gasteiger partial charge is 0.321 e. The highest BCUT2D eigenvalue weighted by Crippen LogP contribution is 2.32. The maximum atomic E-state index is 11.3. The first-order valence-electron chi connectivity index (χ1n) is 6.63. The van der Waals surface area contributed by atoms with Gasteiger partial charge >= 0.3 is 0 Å². The molecule has 1 amide bonds. The molecule has 0 aliphatic rings. The van der Waals surface area contributed by atoms with Crippen LogP contribution in [0.25, 0.3) is 11.4 Å². The summed E-state index contributed by atoms with van der Waals surface area (Å²) in [6, 6.07) is 2.93. The van der Waals surface area contributed by atoms with Crippen molar-refractivity contribution >= 4 is 17.3 Å². The number of aromatic nitrogens is 4. The molecule has 0 saturated heterocycles. The quantitative estimate of drug-likeness (QED) is 0.585. The Morgan fingerprint density at radius 2 is 1.70 bits per heavy atom. The molecule has 3 rings (SSSR count). The van der Waals surface area contributed by atoms with Crippen LogP contribution >= 0.6 is 0 Å². The molecule has 23 heavy (non-hydrogen) atoms. The van der Waals surface area contributed by atoms with Gasteiger partial charge in [0.05, 0.1) is 29.0 Å². The van der Waals surface area contributed by atoms with Gasteiger partial charge in [0.2, 0.25) is 5.91 Å². The zero-order chi connectivity index (χ0) is 16.4. The van der Waals surface area contributed by atoms with Gasteiger partial charge in [-0.05, 0) is 6.07 Å². The van der Waals surface area contributed by atoms with Crippen molar-refractivity contribution in [3.63, 3.8) is 0 Å². The zero-order valence-electron chi connectivity index (χ0n) is 12.1. The number of nitrogens with one attached hydrogen (secondary N) is 1. The summed E-state index contributed by atoms with van der Waals surface area (Å²) in [5.74, 6) is -0.389. The molecule has 1 N–H and O–H groups in total. The van der Waals surface area contributed by atoms with Gasteiger partial charge in [0.15, 0.2) is 0 Å². The first-order chi connectivity index (χ1) is 11.1. The second kappa shape index (κ2) is 5.72. The summed E-state index contributed by atoms with van der Waals surface area (Å²) in [4.78, 5) is 30.1. The number of nitrogens with zero attached hydrogens (tertiary/aromatic N) is 5. The molecule has 9 nitrogen and oxygen atoms in total. The van der Waals surface area contributed by atoms with E-state index in [2.05, 4.69) is 15.3 Å². The van der Waals surface area contributed by atoms with E-state index in [-0.39, 0.29) is 17.3 Å². The average Bonchev–Trinajstić information content (AvgIpc) is 3.19. The predicted molar refractivity (Wildman–Crippen MR) is 81.6 cm³/mol. The van der Waals surface area contributed by atoms with E-state index in [4.69, 9.17) is 0 Å². The summed E-state index contributed by atoms with van der Waals surface area (Å²) >= 11 is 0. The number of imidazole rings is 2. The number of nitro groups is 1. The van der Waals surface area contributed by atoms with Gasteiger partial charge < -0.3 is 14.5 Å². The molecule has 0 aliphatic carbocycles. The van der Waals surface area contributed by atoms with Crippen LogP contribution in [0, 0.1) is 10.1 Å². The van der Waals surface area contributed by atoms with E-state index in [0.717, 1.165) is 0 Å². The van der Waals surface area contributed by atoms with Crippen LogP contribution in [0.15, 0.2) is 49.6 Å². The number of benzene rings is 1. The predicted octanol–water partition coefficient (Wildman–Crippen LogP) is 1.92. The zero-order valence-corrected chi connectivity index (χ0v) is 12.1. The van der Waals surface area contributed by atoms with E-state index in [1.54, 1.807) is 40.2 Å². The van der Waals surface area contributed by atoms with Gasteiger partial charge in [0.25, 0.3) is 5.69 Å². The highest BCUT2D eigenvalue weighted by atomic mass is 16.6. The molecule has 0 aliphatic heterocycles. The minimum Gasteiger partial charge on any atom is -0.321 e. The highest BCUT2D eigenvalue weighted by Gasteiger charge is 2.20. The Morgan fingerprint density at radius 3 is 2.13 bits per heavy atom. The van der Waals surface area contributed by atoms with Crippen LogP contribution in [-0.4, -0.2) is 29.9 Å². The Morgan fingerprint density at radius 1 is 1.13 bits per heavy atom. The fraction of sp³-hybridized carbons (Fsp3) is 0.0714. The van der Waals surface area contributed by atoms with Crippen molar-refractivity contribution in [3.8, 4) is 11.4 Å². The molecule has 1 aromatic carbocycles. The lowest BCUT2D eigenvalue weighted by molar-refractivity contribution is -0.383. The number of amides is 1. The fourth-order valence-corrected chi connectivity index (χ4v) is 2.22. The van der Waals surface area contributed by atoms with Crippen LogP contribution in [0.4, 0.5) is 11.4 Å². The van der Waals surface area contributed by atoms with Crippen molar-refractivity contribution in [2.24, 2.45) is 0 Å². The van der Waals surface area contributed by atoms with E-state index in [1.165, 1.54) is 25.4 Å². The van der Waals surface area contributed by atoms with Gasteiger partial charge in [-0.2, -0.15) is 0 Å². The van der Waals surface area contributed by atoms with Gasteiger partial charge in [0.1, 0.15) is 5.69 Å². The molecule has 0 fully saturated rings. The average molecular weight is 312 g/mol. The normalized spacial score (nSPS) is 10.5. The first-order valence-corrected chi connectivity index (χ1v) is 6.63. The molecule has 116 valence electrons. The number of anilines is 1. The number of carbonyl (C=O) groups is 1. The third-order valence-electron chi connectivity index (χ3n) is 3.17. The van der Waals surface area contributed by atoms with Crippen molar-refractivity contribution in [1.82, 2.24) is 19.1 Å². The van der Waals surface area contributed by atoms with Crippen LogP contribution in [0.3, 0.4) is 0 Å². The first kappa shape index (κ1) is 14.4. The number of rotatable bonds is 4. The molecule has 0 unspecified atom stereocenters. The monoisotopic (exact) mass is 312 g/mol. The third kappa shape index (κ3) is 2.79. The maximum Gasteiger partial charge on any atom is 0.295 e. The van der Waals surface area contributed by atoms with Crippen LogP contribution in [0.5, 0.6) is 0 Å². The number of nitro benzene ring substituents is 1. The summed E-state index contributed by atoms with van der Waals surface area (Å²) in [5.41, 5.74) is 1.08. The van der Waals surface area contributed by atoms with Crippen molar-refractivity contribution < 1.29 is 9.72 Å². The second-order valence-corrected chi connectivity index (χ2v) is 4.74. The van der Waals surface area contributed by atoms with E-state index in [0.29, 0.717) is 11.4 Å². The van der Waals surface area contributed by atoms with Crippen LogP contribution in [0.1, 0.15) is 6.92 Å². The Labute approximate surface area is 130 Å². The Hall–Kier alpha value is -3.49. The van der Waals surface area contributed by atoms with Gasteiger partial charge in [-0.1, -0.05) is 0 Å². The van der Waals surface area contributed by atoms with Crippen molar-refractivity contribution in [3.05, 3.63) is 59.7 Å². The minimum atomic E-state index is -0.538. The van der Waals surface area contributed by atoms with Gasteiger partial charge in [-0.25, -0.2) is 9.97 Å². The molecule has 0 radical (unpaired) electrons. The fourth-order valence-electron chi connectivity index (χ4n) is 2.22. The summed E-state index contributed by atoms with van der Waals surface area (Å²) in [7, 11) is 0. The topological polar surface area (TPSA) is 108 Å². The van der Waals surface area contributed by atoms with E-state index < -0.39 is 4.92 Å². The van der Waals surface area contributed by atoms with Crippen molar-refractivity contribution in [1.29, 1.82) is 0 Å². The second-order valence-electron chi connectivity index (χ2n) is 4.74. The standard InChI is InChI=1S/C14H12N6O3/c1-10(21)17-11-6-13(18-4-2-15-8-18)14(7-12(11)20(22)23)19-5-3-16-9-19/h2-9H,1H3,(H,17,21). The number of hydrogen-bond donors (Lipinski definition) is 1. The molecule has 9 heteroatoms. The smallest absolute Gasteiger partial charge is 0.295 e. The number of hydrogen-bond acceptors (Lipinski definition) is 5. The molecule has 0 saturated carbocycles. The van der Waals surface area contributed by atoms with Crippen molar-refractivity contribution in [2.75, 3.05) is 5.32 Å². The van der Waals surface area contributed by atoms with E-state index in [9.17, 15) is 14.9 Å². The lowest BCUT2D eigenvalue weighted by Gasteiger charge is -2.14. The van der Waals surface area contributed by atoms with Gasteiger partial charge in [-0.3, -0.25) is 14.9 Å². The molecule has 3 aromatic rings.